The van der Waals surface area contributed by atoms with Crippen LogP contribution >= 0.6 is 0 Å². The normalized spacial score (nSPS) is 18.4. The summed E-state index contributed by atoms with van der Waals surface area (Å²) in [6.07, 6.45) is 8.40. The van der Waals surface area contributed by atoms with Crippen molar-refractivity contribution < 1.29 is 33.4 Å². The van der Waals surface area contributed by atoms with E-state index in [0.717, 1.165) is 44.9 Å². The molecule has 226 valence electrons. The number of amides is 1. The summed E-state index contributed by atoms with van der Waals surface area (Å²) in [5.41, 5.74) is -3.05. The van der Waals surface area contributed by atoms with E-state index in [0.29, 0.717) is 38.5 Å². The van der Waals surface area contributed by atoms with E-state index in [1.807, 2.05) is 13.8 Å². The van der Waals surface area contributed by atoms with Crippen LogP contribution in [-0.2, 0) is 33.4 Å². The Morgan fingerprint density at radius 2 is 1.59 bits per heavy atom. The van der Waals surface area contributed by atoms with Crippen molar-refractivity contribution in [1.29, 1.82) is 0 Å². The average molecular weight is 554 g/mol. The molecule has 1 rings (SSSR count). The van der Waals surface area contributed by atoms with Crippen LogP contribution in [0.4, 0.5) is 0 Å². The highest BCUT2D eigenvalue weighted by atomic mass is 16.5. The highest BCUT2D eigenvalue weighted by molar-refractivity contribution is 5.82. The molecule has 0 aliphatic carbocycles. The second-order valence-corrected chi connectivity index (χ2v) is 12.5. The van der Waals surface area contributed by atoms with Crippen molar-refractivity contribution in [2.45, 2.75) is 119 Å². The molecule has 3 atom stereocenters. The molecule has 1 aliphatic heterocycles. The minimum atomic E-state index is -1.12. The molecule has 1 aliphatic rings. The van der Waals surface area contributed by atoms with Crippen molar-refractivity contribution in [3.05, 3.63) is 0 Å². The molecule has 0 saturated carbocycles. The number of esters is 3. The van der Waals surface area contributed by atoms with Gasteiger partial charge in [0.25, 0.3) is 0 Å². The minimum Gasteiger partial charge on any atom is -0.469 e. The molecule has 0 radical (unpaired) electrons. The van der Waals surface area contributed by atoms with Crippen LogP contribution in [0.25, 0.3) is 0 Å². The van der Waals surface area contributed by atoms with E-state index in [4.69, 9.17) is 14.2 Å². The van der Waals surface area contributed by atoms with E-state index in [-0.39, 0.29) is 31.3 Å². The van der Waals surface area contributed by atoms with Gasteiger partial charge in [-0.2, -0.15) is 0 Å². The van der Waals surface area contributed by atoms with Gasteiger partial charge >= 0.3 is 17.9 Å². The largest absolute Gasteiger partial charge is 0.469 e. The predicted molar refractivity (Wildman–Crippen MR) is 152 cm³/mol. The molecule has 3 unspecified atom stereocenters. The molecular weight excluding hydrogens is 498 g/mol. The smallest absolute Gasteiger partial charge is 0.311 e. The molecule has 0 N–H and O–H groups in total. The maximum Gasteiger partial charge on any atom is 0.311 e. The Bertz CT molecular complexity index is 811. The summed E-state index contributed by atoms with van der Waals surface area (Å²) in [5.74, 6) is -0.817. The van der Waals surface area contributed by atoms with Crippen LogP contribution in [-0.4, -0.2) is 62.1 Å². The Labute approximate surface area is 236 Å². The van der Waals surface area contributed by atoms with Crippen molar-refractivity contribution >= 4 is 23.8 Å². The lowest BCUT2D eigenvalue weighted by molar-refractivity contribution is -0.168. The third-order valence-corrected chi connectivity index (χ3v) is 8.38. The molecule has 0 aromatic heterocycles. The van der Waals surface area contributed by atoms with Gasteiger partial charge in [0.15, 0.2) is 0 Å². The van der Waals surface area contributed by atoms with Gasteiger partial charge in [0.1, 0.15) is 6.61 Å². The summed E-state index contributed by atoms with van der Waals surface area (Å²) in [7, 11) is 1.32. The van der Waals surface area contributed by atoms with Gasteiger partial charge in [0.2, 0.25) is 5.91 Å². The highest BCUT2D eigenvalue weighted by Crippen LogP contribution is 2.45. The Morgan fingerprint density at radius 1 is 0.897 bits per heavy atom. The zero-order valence-corrected chi connectivity index (χ0v) is 26.0. The van der Waals surface area contributed by atoms with E-state index in [1.165, 1.54) is 7.11 Å². The molecule has 0 bridgehead atoms. The van der Waals surface area contributed by atoms with Crippen molar-refractivity contribution in [3.63, 3.8) is 0 Å². The summed E-state index contributed by atoms with van der Waals surface area (Å²) in [6.45, 7) is 14.8. The molecule has 1 heterocycles. The molecule has 8 heteroatoms. The fourth-order valence-electron chi connectivity index (χ4n) is 5.69. The molecule has 0 spiro atoms. The molecular formula is C31H55NO7. The number of nitrogens with zero attached hydrogens (tertiary/aromatic N) is 1. The second kappa shape index (κ2) is 16.2. The zero-order valence-electron chi connectivity index (χ0n) is 26.0. The number of carbonyl (C=O) groups is 4. The second-order valence-electron chi connectivity index (χ2n) is 12.5. The third-order valence-electron chi connectivity index (χ3n) is 8.38. The Balaban J connectivity index is 2.92. The summed E-state index contributed by atoms with van der Waals surface area (Å²) in [4.78, 5) is 53.6. The van der Waals surface area contributed by atoms with Crippen molar-refractivity contribution in [1.82, 2.24) is 4.90 Å². The average Bonchev–Trinajstić information content (AvgIpc) is 3.11. The lowest BCUT2D eigenvalue weighted by Gasteiger charge is -2.39. The van der Waals surface area contributed by atoms with Crippen LogP contribution < -0.4 is 0 Å². The van der Waals surface area contributed by atoms with Gasteiger partial charge in [-0.25, -0.2) is 0 Å². The molecule has 0 aromatic rings. The summed E-state index contributed by atoms with van der Waals surface area (Å²) >= 11 is 0. The van der Waals surface area contributed by atoms with Crippen molar-refractivity contribution in [2.75, 3.05) is 33.4 Å². The number of hydrogen-bond acceptors (Lipinski definition) is 7. The van der Waals surface area contributed by atoms with Gasteiger partial charge in [-0.1, -0.05) is 46.5 Å². The maximum atomic E-state index is 13.3. The van der Waals surface area contributed by atoms with Gasteiger partial charge in [-0.05, 0) is 72.1 Å². The number of unbranched alkanes of at least 4 members (excludes halogenated alkanes) is 1. The van der Waals surface area contributed by atoms with Crippen LogP contribution in [0.1, 0.15) is 119 Å². The minimum absolute atomic E-state index is 0.0995. The molecule has 1 saturated heterocycles. The first-order valence-electron chi connectivity index (χ1n) is 15.0. The fraction of sp³-hybridized carbons (Fsp3) is 0.871. The number of ether oxygens (including phenoxy) is 3. The predicted octanol–water partition coefficient (Wildman–Crippen LogP) is 6.09. The van der Waals surface area contributed by atoms with E-state index in [1.54, 1.807) is 25.7 Å². The highest BCUT2D eigenvalue weighted by Gasteiger charge is 2.49. The molecule has 39 heavy (non-hydrogen) atoms. The van der Waals surface area contributed by atoms with E-state index in [2.05, 4.69) is 13.8 Å². The number of hydrogen-bond donors (Lipinski definition) is 0. The monoisotopic (exact) mass is 553 g/mol. The first kappa shape index (κ1) is 34.9. The summed E-state index contributed by atoms with van der Waals surface area (Å²) < 4.78 is 16.6. The van der Waals surface area contributed by atoms with Gasteiger partial charge < -0.3 is 19.1 Å². The topological polar surface area (TPSA) is 99.2 Å². The quantitative estimate of drug-likeness (QED) is 0.159. The molecule has 0 aromatic carbocycles. The number of likely N-dealkylation sites (tertiary alicyclic amines) is 1. The fourth-order valence-corrected chi connectivity index (χ4v) is 5.69. The lowest BCUT2D eigenvalue weighted by Crippen LogP contribution is -2.44. The number of rotatable bonds is 17. The van der Waals surface area contributed by atoms with Crippen LogP contribution in [0, 0.1) is 22.2 Å². The van der Waals surface area contributed by atoms with Crippen LogP contribution in [0.5, 0.6) is 0 Å². The maximum absolute atomic E-state index is 13.3. The SMILES string of the molecule is CCCCC(CC)COC(=O)C(C)(CC)CC(C)(CC(C)(C)C(=O)OCCN1CCCCCC1=O)C(=O)OC. The Hall–Kier alpha value is -2.12. The van der Waals surface area contributed by atoms with Gasteiger partial charge in [0.05, 0.1) is 36.5 Å². The Morgan fingerprint density at radius 3 is 2.18 bits per heavy atom. The van der Waals surface area contributed by atoms with E-state index >= 15 is 0 Å². The molecule has 1 fully saturated rings. The first-order valence-corrected chi connectivity index (χ1v) is 15.0. The van der Waals surface area contributed by atoms with E-state index < -0.39 is 28.2 Å². The van der Waals surface area contributed by atoms with Gasteiger partial charge in [0, 0.05) is 13.0 Å². The van der Waals surface area contributed by atoms with Crippen molar-refractivity contribution in [3.8, 4) is 0 Å². The first-order chi connectivity index (χ1) is 18.3. The molecule has 8 nitrogen and oxygen atoms in total. The third kappa shape index (κ3) is 10.8. The summed E-state index contributed by atoms with van der Waals surface area (Å²) in [6, 6.07) is 0. The molecule has 1 amide bonds. The number of carbonyl (C=O) groups excluding carboxylic acids is 4. The summed E-state index contributed by atoms with van der Waals surface area (Å²) in [5, 5.41) is 0. The lowest BCUT2D eigenvalue weighted by atomic mass is 9.65. The van der Waals surface area contributed by atoms with Gasteiger partial charge in [-0.3, -0.25) is 19.2 Å². The van der Waals surface area contributed by atoms with E-state index in [9.17, 15) is 19.2 Å². The number of methoxy groups -OCH3 is 1. The van der Waals surface area contributed by atoms with Crippen LogP contribution in [0.2, 0.25) is 0 Å². The zero-order chi connectivity index (χ0) is 29.7. The van der Waals surface area contributed by atoms with Crippen LogP contribution in [0.15, 0.2) is 0 Å². The standard InChI is InChI=1S/C31H55NO7/c1-9-12-16-24(10-2)21-39-28(36)30(6,11-3)23-31(7,27(35)37-8)22-29(4,5)26(34)38-20-19-32-18-15-13-14-17-25(32)33/h24H,9-23H2,1-8H3. The van der Waals surface area contributed by atoms with Gasteiger partial charge in [-0.15, -0.1) is 0 Å². The van der Waals surface area contributed by atoms with Crippen molar-refractivity contribution in [2.24, 2.45) is 22.2 Å². The van der Waals surface area contributed by atoms with Crippen LogP contribution in [0.3, 0.4) is 0 Å². The Kier molecular flexibility index (Phi) is 14.5.